The molecule has 1 N–H and O–H groups in total. The predicted molar refractivity (Wildman–Crippen MR) is 95.3 cm³/mol. The summed E-state index contributed by atoms with van der Waals surface area (Å²) in [6, 6.07) is 9.17. The Morgan fingerprint density at radius 2 is 1.88 bits per heavy atom. The van der Waals surface area contributed by atoms with Gasteiger partial charge in [0.05, 0.1) is 6.54 Å². The van der Waals surface area contributed by atoms with Crippen molar-refractivity contribution < 1.29 is 19.1 Å². The van der Waals surface area contributed by atoms with Crippen molar-refractivity contribution in [3.05, 3.63) is 48.0 Å². The Morgan fingerprint density at radius 3 is 2.56 bits per heavy atom. The zero-order chi connectivity index (χ0) is 18.3. The number of nitrogens with one attached hydrogen (secondary N) is 1. The van der Waals surface area contributed by atoms with Gasteiger partial charge in [0.25, 0.3) is 0 Å². The fraction of sp³-hybridized carbons (Fsp3) is 0.375. The Hall–Kier alpha value is -0.980. The Kier molecular flexibility index (Phi) is 4.99. The summed E-state index contributed by atoms with van der Waals surface area (Å²) >= 11 is 24.4. The first-order valence-electron chi connectivity index (χ1n) is 7.31. The number of rotatable bonds is 4. The lowest BCUT2D eigenvalue weighted by atomic mass is 9.93. The van der Waals surface area contributed by atoms with Crippen LogP contribution in [0.25, 0.3) is 0 Å². The number of hydrogen-bond donors (Lipinski definition) is 1. The molecule has 0 aliphatic carbocycles. The quantitative estimate of drug-likeness (QED) is 0.593. The fourth-order valence-corrected chi connectivity index (χ4v) is 4.00. The van der Waals surface area contributed by atoms with Crippen molar-refractivity contribution in [2.75, 3.05) is 6.54 Å². The van der Waals surface area contributed by atoms with Crippen molar-refractivity contribution in [3.63, 3.8) is 0 Å². The van der Waals surface area contributed by atoms with Crippen molar-refractivity contribution in [3.8, 4) is 0 Å². The minimum absolute atomic E-state index is 0.0945. The zero-order valence-electron chi connectivity index (χ0n) is 12.7. The minimum atomic E-state index is -2.06. The highest BCUT2D eigenvalue weighted by molar-refractivity contribution is 6.70. The summed E-state index contributed by atoms with van der Waals surface area (Å²) < 4.78 is 6.82. The molecule has 134 valence electrons. The third kappa shape index (κ3) is 3.24. The van der Waals surface area contributed by atoms with Crippen LogP contribution in [-0.2, 0) is 20.9 Å². The highest BCUT2D eigenvalue weighted by Gasteiger charge is 2.69. The lowest BCUT2D eigenvalue weighted by Crippen LogP contribution is -2.66. The standard InChI is InChI=1S/C16H13Cl4NO4/c17-15(18)11-6-7-14(25-11,16(19,20)12(15)22)9-21-13(23)24-8-10-4-2-1-3-5-10/h1-7,11H,8-9H2,(H,21,23)/t11-,14-/m1/s1. The number of ketones is 1. The summed E-state index contributed by atoms with van der Waals surface area (Å²) in [6.45, 7) is -0.0898. The molecular weight excluding hydrogens is 412 g/mol. The fourth-order valence-electron chi connectivity index (χ4n) is 2.64. The van der Waals surface area contributed by atoms with E-state index in [4.69, 9.17) is 55.9 Å². The summed E-state index contributed by atoms with van der Waals surface area (Å²) in [5.74, 6) is -0.799. The van der Waals surface area contributed by atoms with Gasteiger partial charge in [-0.25, -0.2) is 4.79 Å². The van der Waals surface area contributed by atoms with Crippen LogP contribution in [0.15, 0.2) is 42.5 Å². The monoisotopic (exact) mass is 423 g/mol. The van der Waals surface area contributed by atoms with Crippen LogP contribution in [0.1, 0.15) is 5.56 Å². The molecule has 2 aliphatic rings. The maximum atomic E-state index is 12.4. The van der Waals surface area contributed by atoms with Gasteiger partial charge in [0, 0.05) is 0 Å². The first-order valence-corrected chi connectivity index (χ1v) is 8.82. The Balaban J connectivity index is 1.64. The normalized spacial score (nSPS) is 28.6. The second kappa shape index (κ2) is 6.63. The molecule has 1 fully saturated rings. The lowest BCUT2D eigenvalue weighted by molar-refractivity contribution is -0.140. The van der Waals surface area contributed by atoms with Gasteiger partial charge in [-0.2, -0.15) is 0 Å². The number of benzene rings is 1. The smallest absolute Gasteiger partial charge is 0.407 e. The predicted octanol–water partition coefficient (Wildman–Crippen LogP) is 3.54. The summed E-state index contributed by atoms with van der Waals surface area (Å²) in [7, 11) is 0. The van der Waals surface area contributed by atoms with Gasteiger partial charge in [0.15, 0.2) is 0 Å². The summed E-state index contributed by atoms with van der Waals surface area (Å²) in [6.07, 6.45) is 1.38. The van der Waals surface area contributed by atoms with Gasteiger partial charge < -0.3 is 14.8 Å². The number of fused-ring (bicyclic) bond motifs is 2. The molecule has 25 heavy (non-hydrogen) atoms. The SMILES string of the molecule is O=C(NC[C@@]12C=C[C@@H](O1)C(Cl)(Cl)C(=O)C2(Cl)Cl)OCc1ccccc1. The van der Waals surface area contributed by atoms with E-state index >= 15 is 0 Å². The third-order valence-electron chi connectivity index (χ3n) is 4.06. The second-order valence-corrected chi connectivity index (χ2v) is 8.44. The van der Waals surface area contributed by atoms with Crippen LogP contribution < -0.4 is 5.32 Å². The number of Topliss-reactive ketones (excluding diaryl/α,β-unsaturated/α-hetero) is 1. The van der Waals surface area contributed by atoms with Crippen molar-refractivity contribution in [1.82, 2.24) is 5.32 Å². The first kappa shape index (κ1) is 18.8. The lowest BCUT2D eigenvalue weighted by Gasteiger charge is -2.45. The molecule has 9 heteroatoms. The van der Waals surface area contributed by atoms with E-state index in [0.717, 1.165) is 5.56 Å². The van der Waals surface area contributed by atoms with Gasteiger partial charge in [-0.15, -0.1) is 0 Å². The molecule has 0 radical (unpaired) electrons. The van der Waals surface area contributed by atoms with Crippen LogP contribution in [-0.4, -0.2) is 38.8 Å². The maximum Gasteiger partial charge on any atom is 0.407 e. The summed E-state index contributed by atoms with van der Waals surface area (Å²) in [5.41, 5.74) is -0.643. The van der Waals surface area contributed by atoms with Crippen LogP contribution >= 0.6 is 46.4 Å². The minimum Gasteiger partial charge on any atom is -0.445 e. The van der Waals surface area contributed by atoms with E-state index in [0.29, 0.717) is 0 Å². The molecule has 1 aromatic carbocycles. The van der Waals surface area contributed by atoms with Gasteiger partial charge in [-0.05, 0) is 11.6 Å². The van der Waals surface area contributed by atoms with Gasteiger partial charge >= 0.3 is 6.09 Å². The molecular formula is C16H13Cl4NO4. The summed E-state index contributed by atoms with van der Waals surface area (Å²) in [4.78, 5) is 24.3. The molecule has 1 amide bonds. The van der Waals surface area contributed by atoms with E-state index in [1.807, 2.05) is 30.3 Å². The molecule has 1 saturated heterocycles. The van der Waals surface area contributed by atoms with Crippen molar-refractivity contribution in [2.24, 2.45) is 0 Å². The van der Waals surface area contributed by atoms with E-state index < -0.39 is 32.2 Å². The maximum absolute atomic E-state index is 12.4. The average molecular weight is 425 g/mol. The van der Waals surface area contributed by atoms with E-state index in [9.17, 15) is 9.59 Å². The number of ether oxygens (including phenoxy) is 2. The molecule has 3 rings (SSSR count). The molecule has 0 unspecified atom stereocenters. The number of hydrogen-bond acceptors (Lipinski definition) is 4. The first-order chi connectivity index (χ1) is 11.7. The number of alkyl carbamates (subject to hydrolysis) is 1. The zero-order valence-corrected chi connectivity index (χ0v) is 15.7. The summed E-state index contributed by atoms with van der Waals surface area (Å²) in [5, 5.41) is 2.50. The van der Waals surface area contributed by atoms with Gasteiger partial charge in [0.1, 0.15) is 18.3 Å². The largest absolute Gasteiger partial charge is 0.445 e. The molecule has 1 aromatic rings. The van der Waals surface area contributed by atoms with E-state index in [2.05, 4.69) is 5.32 Å². The van der Waals surface area contributed by atoms with Gasteiger partial charge in [-0.3, -0.25) is 4.79 Å². The van der Waals surface area contributed by atoms with Crippen LogP contribution in [0.2, 0.25) is 0 Å². The highest BCUT2D eigenvalue weighted by atomic mass is 35.5. The highest BCUT2D eigenvalue weighted by Crippen LogP contribution is 2.54. The molecule has 5 nitrogen and oxygen atoms in total. The van der Waals surface area contributed by atoms with E-state index in [1.54, 1.807) is 0 Å². The number of halogens is 4. The van der Waals surface area contributed by atoms with Gasteiger partial charge in [-0.1, -0.05) is 82.8 Å². The van der Waals surface area contributed by atoms with Crippen LogP contribution in [0.3, 0.4) is 0 Å². The Bertz CT molecular complexity index is 722. The Labute approximate surface area is 164 Å². The average Bonchev–Trinajstić information content (AvgIpc) is 3.03. The molecule has 2 heterocycles. The van der Waals surface area contributed by atoms with E-state index in [1.165, 1.54) is 12.2 Å². The third-order valence-corrected chi connectivity index (χ3v) is 5.82. The number of amides is 1. The van der Waals surface area contributed by atoms with Crippen molar-refractivity contribution in [2.45, 2.75) is 27.0 Å². The van der Waals surface area contributed by atoms with Gasteiger partial charge in [0.2, 0.25) is 14.4 Å². The molecule has 0 spiro atoms. The van der Waals surface area contributed by atoms with Crippen LogP contribution in [0, 0.1) is 0 Å². The number of carbonyl (C=O) groups excluding carboxylic acids is 2. The topological polar surface area (TPSA) is 64.6 Å². The second-order valence-electron chi connectivity index (χ2n) is 5.73. The number of carbonyl (C=O) groups is 2. The van der Waals surface area contributed by atoms with E-state index in [-0.39, 0.29) is 13.2 Å². The molecule has 0 saturated carbocycles. The number of alkyl halides is 4. The van der Waals surface area contributed by atoms with Crippen molar-refractivity contribution >= 4 is 58.3 Å². The molecule has 2 bridgehead atoms. The van der Waals surface area contributed by atoms with Crippen molar-refractivity contribution in [1.29, 1.82) is 0 Å². The van der Waals surface area contributed by atoms with Crippen LogP contribution in [0.4, 0.5) is 4.79 Å². The molecule has 0 aromatic heterocycles. The van der Waals surface area contributed by atoms with Crippen LogP contribution in [0.5, 0.6) is 0 Å². The Morgan fingerprint density at radius 1 is 1.20 bits per heavy atom. The molecule has 2 atom stereocenters. The molecule has 2 aliphatic heterocycles.